The van der Waals surface area contributed by atoms with E-state index in [0.29, 0.717) is 11.5 Å². The smallest absolute Gasteiger partial charge is 0.0293 e. The summed E-state index contributed by atoms with van der Waals surface area (Å²) < 4.78 is 0. The molecule has 124 valence electrons. The van der Waals surface area contributed by atoms with Gasteiger partial charge in [-0.25, -0.2) is 0 Å². The lowest BCUT2D eigenvalue weighted by molar-refractivity contribution is -0.0925. The molecule has 7 unspecified atom stereocenters. The molecule has 4 heteroatoms. The molecule has 5 aliphatic heterocycles. The van der Waals surface area contributed by atoms with Gasteiger partial charge in [0.05, 0.1) is 0 Å². The zero-order chi connectivity index (χ0) is 14.9. The van der Waals surface area contributed by atoms with Gasteiger partial charge in [-0.2, -0.15) is 0 Å². The molecule has 4 nitrogen and oxygen atoms in total. The predicted octanol–water partition coefficient (Wildman–Crippen LogP) is 0.645. The van der Waals surface area contributed by atoms with Crippen molar-refractivity contribution in [2.45, 2.75) is 57.3 Å². The number of nitrogens with zero attached hydrogens (tertiary/aromatic N) is 1. The molecule has 0 aliphatic carbocycles. The lowest BCUT2D eigenvalue weighted by Crippen LogP contribution is -2.73. The third kappa shape index (κ3) is 1.73. The van der Waals surface area contributed by atoms with E-state index in [2.05, 4.69) is 34.7 Å². The van der Waals surface area contributed by atoms with Crippen molar-refractivity contribution in [2.75, 3.05) is 32.7 Å². The number of piperidine rings is 4. The third-order valence-electron chi connectivity index (χ3n) is 7.99. The highest BCUT2D eigenvalue weighted by molar-refractivity contribution is 5.18. The van der Waals surface area contributed by atoms with E-state index >= 15 is 0 Å². The first-order valence-electron chi connectivity index (χ1n) is 9.62. The van der Waals surface area contributed by atoms with E-state index in [1.54, 1.807) is 0 Å². The Morgan fingerprint density at radius 1 is 0.864 bits per heavy atom. The lowest BCUT2D eigenvalue weighted by Gasteiger charge is -2.61. The molecule has 0 aromatic rings. The molecule has 0 saturated carbocycles. The molecule has 0 amide bonds. The Labute approximate surface area is 134 Å². The van der Waals surface area contributed by atoms with Crippen molar-refractivity contribution in [3.05, 3.63) is 0 Å². The minimum absolute atomic E-state index is 0.416. The minimum atomic E-state index is 0.416. The van der Waals surface area contributed by atoms with Crippen LogP contribution in [0.3, 0.4) is 0 Å². The fourth-order valence-corrected chi connectivity index (χ4v) is 7.08. The molecule has 3 N–H and O–H groups in total. The van der Waals surface area contributed by atoms with Crippen LogP contribution < -0.4 is 16.0 Å². The fraction of sp³-hybridized carbons (Fsp3) is 1.00. The van der Waals surface area contributed by atoms with Crippen molar-refractivity contribution >= 4 is 0 Å². The Bertz CT molecular complexity index is 450. The number of hydrogen-bond donors (Lipinski definition) is 3. The summed E-state index contributed by atoms with van der Waals surface area (Å²) >= 11 is 0. The molecule has 5 fully saturated rings. The highest BCUT2D eigenvalue weighted by Crippen LogP contribution is 2.55. The van der Waals surface area contributed by atoms with E-state index in [1.165, 1.54) is 52.0 Å². The van der Waals surface area contributed by atoms with Gasteiger partial charge in [-0.15, -0.1) is 0 Å². The SMILES string of the molecule is CC1(C)C2CNCCC2N2C3CNCCC3C3CCNC1C32. The molecule has 5 rings (SSSR count). The molecule has 0 bridgehead atoms. The first-order chi connectivity index (χ1) is 10.7. The summed E-state index contributed by atoms with van der Waals surface area (Å²) in [5.41, 5.74) is 0.416. The monoisotopic (exact) mass is 304 g/mol. The Balaban J connectivity index is 1.59. The van der Waals surface area contributed by atoms with Crippen molar-refractivity contribution in [2.24, 2.45) is 23.2 Å². The Hall–Kier alpha value is -0.160. The van der Waals surface area contributed by atoms with Crippen LogP contribution in [-0.2, 0) is 0 Å². The maximum Gasteiger partial charge on any atom is 0.0293 e. The Kier molecular flexibility index (Phi) is 3.18. The van der Waals surface area contributed by atoms with Gasteiger partial charge in [-0.05, 0) is 62.1 Å². The summed E-state index contributed by atoms with van der Waals surface area (Å²) in [6.07, 6.45) is 4.17. The molecule has 5 saturated heterocycles. The molecular formula is C18H32N4. The van der Waals surface area contributed by atoms with Crippen LogP contribution in [0.25, 0.3) is 0 Å². The molecular weight excluding hydrogens is 272 g/mol. The van der Waals surface area contributed by atoms with E-state index in [4.69, 9.17) is 0 Å². The van der Waals surface area contributed by atoms with Crippen LogP contribution in [0.5, 0.6) is 0 Å². The lowest BCUT2D eigenvalue weighted by atomic mass is 9.60. The molecule has 7 atom stereocenters. The van der Waals surface area contributed by atoms with Gasteiger partial charge in [0.2, 0.25) is 0 Å². The highest BCUT2D eigenvalue weighted by Gasteiger charge is 2.63. The van der Waals surface area contributed by atoms with E-state index < -0.39 is 0 Å². The molecule has 0 radical (unpaired) electrons. The summed E-state index contributed by atoms with van der Waals surface area (Å²) in [4.78, 5) is 3.04. The van der Waals surface area contributed by atoms with Crippen LogP contribution in [0, 0.1) is 23.2 Å². The third-order valence-corrected chi connectivity index (χ3v) is 7.99. The number of fused-ring (bicyclic) bond motifs is 5. The predicted molar refractivity (Wildman–Crippen MR) is 88.8 cm³/mol. The molecule has 22 heavy (non-hydrogen) atoms. The number of rotatable bonds is 0. The first-order valence-corrected chi connectivity index (χ1v) is 9.62. The van der Waals surface area contributed by atoms with Gasteiger partial charge in [-0.3, -0.25) is 4.90 Å². The summed E-state index contributed by atoms with van der Waals surface area (Å²) in [6, 6.07) is 3.12. The van der Waals surface area contributed by atoms with Crippen LogP contribution in [0.1, 0.15) is 33.1 Å². The molecule has 0 aromatic carbocycles. The van der Waals surface area contributed by atoms with E-state index in [-0.39, 0.29) is 0 Å². The van der Waals surface area contributed by atoms with Crippen LogP contribution in [-0.4, -0.2) is 61.8 Å². The average Bonchev–Trinajstić information content (AvgIpc) is 2.88. The average molecular weight is 304 g/mol. The summed E-state index contributed by atoms with van der Waals surface area (Å²) in [5, 5.41) is 11.4. The summed E-state index contributed by atoms with van der Waals surface area (Å²) in [7, 11) is 0. The summed E-state index contributed by atoms with van der Waals surface area (Å²) in [6.45, 7) is 11.3. The Morgan fingerprint density at radius 3 is 2.55 bits per heavy atom. The second-order valence-electron chi connectivity index (χ2n) is 9.03. The second kappa shape index (κ2) is 4.92. The number of nitrogens with one attached hydrogen (secondary N) is 3. The van der Waals surface area contributed by atoms with Gasteiger partial charge < -0.3 is 16.0 Å². The van der Waals surface area contributed by atoms with E-state index in [1.807, 2.05) is 0 Å². The Morgan fingerprint density at radius 2 is 1.64 bits per heavy atom. The van der Waals surface area contributed by atoms with Crippen molar-refractivity contribution in [3.63, 3.8) is 0 Å². The van der Waals surface area contributed by atoms with E-state index in [9.17, 15) is 0 Å². The van der Waals surface area contributed by atoms with Crippen molar-refractivity contribution < 1.29 is 0 Å². The topological polar surface area (TPSA) is 39.3 Å². The van der Waals surface area contributed by atoms with Gasteiger partial charge in [0, 0.05) is 37.3 Å². The van der Waals surface area contributed by atoms with Crippen molar-refractivity contribution in [1.29, 1.82) is 0 Å². The van der Waals surface area contributed by atoms with E-state index in [0.717, 1.165) is 35.9 Å². The van der Waals surface area contributed by atoms with Crippen LogP contribution in [0.15, 0.2) is 0 Å². The normalized spacial score (nSPS) is 53.5. The van der Waals surface area contributed by atoms with Crippen molar-refractivity contribution in [3.8, 4) is 0 Å². The van der Waals surface area contributed by atoms with Crippen LogP contribution in [0.2, 0.25) is 0 Å². The van der Waals surface area contributed by atoms with Crippen LogP contribution >= 0.6 is 0 Å². The fourth-order valence-electron chi connectivity index (χ4n) is 7.08. The maximum atomic E-state index is 3.97. The zero-order valence-corrected chi connectivity index (χ0v) is 14.1. The minimum Gasteiger partial charge on any atom is -0.316 e. The standard InChI is InChI=1S/C18H32N4/c1-18(2)13-9-19-7-5-14(13)22-15-10-20-6-3-11(15)12-4-8-21-17(18)16(12)22/h11-17,19-21H,3-10H2,1-2H3. The highest BCUT2D eigenvalue weighted by atomic mass is 15.3. The zero-order valence-electron chi connectivity index (χ0n) is 14.1. The second-order valence-corrected chi connectivity index (χ2v) is 9.03. The van der Waals surface area contributed by atoms with Gasteiger partial charge in [-0.1, -0.05) is 13.8 Å². The molecule has 5 aliphatic rings. The number of hydrogen-bond acceptors (Lipinski definition) is 4. The van der Waals surface area contributed by atoms with Crippen molar-refractivity contribution in [1.82, 2.24) is 20.9 Å². The van der Waals surface area contributed by atoms with Crippen LogP contribution in [0.4, 0.5) is 0 Å². The molecule has 0 aromatic heterocycles. The van der Waals surface area contributed by atoms with Gasteiger partial charge in [0.15, 0.2) is 0 Å². The van der Waals surface area contributed by atoms with Gasteiger partial charge in [0.1, 0.15) is 0 Å². The summed E-state index contributed by atoms with van der Waals surface area (Å²) in [5.74, 6) is 2.71. The maximum absolute atomic E-state index is 3.97. The molecule has 0 spiro atoms. The van der Waals surface area contributed by atoms with Gasteiger partial charge in [0.25, 0.3) is 0 Å². The molecule has 5 heterocycles. The first kappa shape index (κ1) is 14.2. The van der Waals surface area contributed by atoms with Gasteiger partial charge >= 0.3 is 0 Å². The largest absolute Gasteiger partial charge is 0.316 e. The quantitative estimate of drug-likeness (QED) is 0.614.